The summed E-state index contributed by atoms with van der Waals surface area (Å²) in [6.45, 7) is 13.1. The molecule has 1 heterocycles. The number of rotatable bonds is 14. The molecule has 0 aromatic rings. The van der Waals surface area contributed by atoms with Gasteiger partial charge in [0.25, 0.3) is 0 Å². The van der Waals surface area contributed by atoms with E-state index >= 15 is 0 Å². The molecule has 0 spiro atoms. The van der Waals surface area contributed by atoms with Crippen LogP contribution >= 0.6 is 0 Å². The zero-order chi connectivity index (χ0) is 15.4. The molecule has 0 aromatic carbocycles. The molecule has 1 saturated heterocycles. The van der Waals surface area contributed by atoms with Crippen molar-refractivity contribution >= 4 is 0 Å². The summed E-state index contributed by atoms with van der Waals surface area (Å²) in [6.07, 6.45) is 15.8. The molecule has 0 aromatic heterocycles. The Morgan fingerprint density at radius 3 is 1.95 bits per heavy atom. The standard InChI is InChI=1S/C19H38NO/c1-4-7-10-11-12-13-16-20(14-8-5-2,15-9-6-3)17-19-18-21-19/h11-12,19H,4-10,13-18H2,1-3H3/q+1/b12-11+. The molecule has 2 heteroatoms. The number of allylic oxidation sites excluding steroid dienone is 1. The van der Waals surface area contributed by atoms with Gasteiger partial charge in [-0.3, -0.25) is 0 Å². The summed E-state index contributed by atoms with van der Waals surface area (Å²) in [5.74, 6) is 0. The van der Waals surface area contributed by atoms with E-state index in [0.29, 0.717) is 6.10 Å². The van der Waals surface area contributed by atoms with Crippen LogP contribution in [0, 0.1) is 0 Å². The number of nitrogens with zero attached hydrogens (tertiary/aromatic N) is 1. The molecule has 1 unspecified atom stereocenters. The van der Waals surface area contributed by atoms with Crippen LogP contribution in [0.25, 0.3) is 0 Å². The molecular weight excluding hydrogens is 258 g/mol. The molecule has 1 atom stereocenters. The normalized spacial score (nSPS) is 18.5. The smallest absolute Gasteiger partial charge is 0.130 e. The zero-order valence-corrected chi connectivity index (χ0v) is 14.8. The summed E-state index contributed by atoms with van der Waals surface area (Å²) in [7, 11) is 0. The fourth-order valence-electron chi connectivity index (χ4n) is 3.11. The molecule has 0 bridgehead atoms. The molecule has 124 valence electrons. The second kappa shape index (κ2) is 11.3. The van der Waals surface area contributed by atoms with Crippen LogP contribution in [0.5, 0.6) is 0 Å². The average Bonchev–Trinajstić information content (AvgIpc) is 3.30. The van der Waals surface area contributed by atoms with Crippen LogP contribution in [-0.2, 0) is 4.74 Å². The second-order valence-corrected chi connectivity index (χ2v) is 6.76. The van der Waals surface area contributed by atoms with Crippen molar-refractivity contribution in [1.29, 1.82) is 0 Å². The van der Waals surface area contributed by atoms with Gasteiger partial charge in [-0.05, 0) is 19.3 Å². The monoisotopic (exact) mass is 296 g/mol. The third-order valence-electron chi connectivity index (χ3n) is 4.63. The Labute approximate surface area is 133 Å². The molecule has 0 amide bonds. The van der Waals surface area contributed by atoms with Gasteiger partial charge >= 0.3 is 0 Å². The quantitative estimate of drug-likeness (QED) is 0.191. The highest BCUT2D eigenvalue weighted by atomic mass is 16.6. The fourth-order valence-corrected chi connectivity index (χ4v) is 3.11. The Hall–Kier alpha value is -0.340. The molecule has 1 aliphatic heterocycles. The summed E-state index contributed by atoms with van der Waals surface area (Å²) in [5, 5.41) is 0. The van der Waals surface area contributed by atoms with Gasteiger partial charge in [0.1, 0.15) is 12.6 Å². The van der Waals surface area contributed by atoms with Crippen LogP contribution in [0.4, 0.5) is 0 Å². The average molecular weight is 297 g/mol. The minimum Gasteiger partial charge on any atom is -0.367 e. The molecule has 0 N–H and O–H groups in total. The molecule has 0 radical (unpaired) electrons. The van der Waals surface area contributed by atoms with E-state index in [9.17, 15) is 0 Å². The van der Waals surface area contributed by atoms with Gasteiger partial charge in [0.2, 0.25) is 0 Å². The highest BCUT2D eigenvalue weighted by molar-refractivity contribution is 4.81. The topological polar surface area (TPSA) is 12.5 Å². The van der Waals surface area contributed by atoms with Gasteiger partial charge in [-0.2, -0.15) is 0 Å². The van der Waals surface area contributed by atoms with Crippen molar-refractivity contribution in [3.8, 4) is 0 Å². The van der Waals surface area contributed by atoms with Gasteiger partial charge in [0.05, 0.1) is 26.2 Å². The first kappa shape index (κ1) is 18.7. The van der Waals surface area contributed by atoms with Crippen LogP contribution in [-0.4, -0.2) is 43.4 Å². The Kier molecular flexibility index (Phi) is 10.0. The van der Waals surface area contributed by atoms with Crippen LogP contribution < -0.4 is 0 Å². The van der Waals surface area contributed by atoms with Crippen LogP contribution in [0.1, 0.15) is 72.1 Å². The zero-order valence-electron chi connectivity index (χ0n) is 14.8. The Morgan fingerprint density at radius 1 is 0.857 bits per heavy atom. The molecule has 2 nitrogen and oxygen atoms in total. The van der Waals surface area contributed by atoms with Crippen molar-refractivity contribution in [3.05, 3.63) is 12.2 Å². The SMILES string of the molecule is CCCC/C=C/CC[N+](CCCC)(CCCC)CC1CO1. The van der Waals surface area contributed by atoms with Gasteiger partial charge in [0, 0.05) is 6.42 Å². The lowest BCUT2D eigenvalue weighted by Crippen LogP contribution is -2.52. The van der Waals surface area contributed by atoms with Gasteiger partial charge in [0.15, 0.2) is 0 Å². The summed E-state index contributed by atoms with van der Waals surface area (Å²) >= 11 is 0. The van der Waals surface area contributed by atoms with Crippen molar-refractivity contribution < 1.29 is 9.22 Å². The number of ether oxygens (including phenoxy) is 1. The number of hydrogen-bond donors (Lipinski definition) is 0. The lowest BCUT2D eigenvalue weighted by molar-refractivity contribution is -0.928. The molecule has 1 aliphatic rings. The molecule has 0 saturated carbocycles. The van der Waals surface area contributed by atoms with Crippen molar-refractivity contribution in [2.24, 2.45) is 0 Å². The largest absolute Gasteiger partial charge is 0.367 e. The van der Waals surface area contributed by atoms with Gasteiger partial charge in [-0.15, -0.1) is 0 Å². The maximum atomic E-state index is 5.55. The highest BCUT2D eigenvalue weighted by Crippen LogP contribution is 2.21. The molecule has 1 fully saturated rings. The van der Waals surface area contributed by atoms with Gasteiger partial charge in [-0.25, -0.2) is 0 Å². The number of epoxide rings is 1. The minimum atomic E-state index is 0.558. The first-order valence-corrected chi connectivity index (χ1v) is 9.38. The van der Waals surface area contributed by atoms with E-state index in [2.05, 4.69) is 32.9 Å². The van der Waals surface area contributed by atoms with Crippen LogP contribution in [0.2, 0.25) is 0 Å². The van der Waals surface area contributed by atoms with E-state index < -0.39 is 0 Å². The first-order valence-electron chi connectivity index (χ1n) is 9.38. The Balaban J connectivity index is 2.47. The highest BCUT2D eigenvalue weighted by Gasteiger charge is 2.35. The third kappa shape index (κ3) is 8.63. The lowest BCUT2D eigenvalue weighted by atomic mass is 10.1. The number of hydrogen-bond acceptors (Lipinski definition) is 1. The van der Waals surface area contributed by atoms with E-state index in [4.69, 9.17) is 4.74 Å². The maximum Gasteiger partial charge on any atom is 0.130 e. The predicted octanol–water partition coefficient (Wildman–Crippen LogP) is 4.94. The van der Waals surface area contributed by atoms with Crippen molar-refractivity contribution in [2.45, 2.75) is 78.2 Å². The van der Waals surface area contributed by atoms with Crippen LogP contribution in [0.3, 0.4) is 0 Å². The van der Waals surface area contributed by atoms with E-state index in [0.717, 1.165) is 6.61 Å². The predicted molar refractivity (Wildman–Crippen MR) is 92.6 cm³/mol. The molecule has 21 heavy (non-hydrogen) atoms. The summed E-state index contributed by atoms with van der Waals surface area (Å²) < 4.78 is 6.85. The maximum absolute atomic E-state index is 5.55. The third-order valence-corrected chi connectivity index (χ3v) is 4.63. The number of unbranched alkanes of at least 4 members (excludes halogenated alkanes) is 4. The van der Waals surface area contributed by atoms with E-state index in [1.54, 1.807) is 0 Å². The van der Waals surface area contributed by atoms with E-state index in [1.165, 1.54) is 82.0 Å². The fraction of sp³-hybridized carbons (Fsp3) is 0.895. The van der Waals surface area contributed by atoms with Crippen molar-refractivity contribution in [2.75, 3.05) is 32.8 Å². The van der Waals surface area contributed by atoms with E-state index in [1.807, 2.05) is 0 Å². The minimum absolute atomic E-state index is 0.558. The number of quaternary nitrogens is 1. The van der Waals surface area contributed by atoms with Crippen molar-refractivity contribution in [3.63, 3.8) is 0 Å². The first-order chi connectivity index (χ1) is 10.3. The Morgan fingerprint density at radius 2 is 1.43 bits per heavy atom. The lowest BCUT2D eigenvalue weighted by Gasteiger charge is -2.38. The summed E-state index contributed by atoms with van der Waals surface area (Å²) in [6, 6.07) is 0. The molecular formula is C19H38NO+. The molecule has 0 aliphatic carbocycles. The molecule has 1 rings (SSSR count). The van der Waals surface area contributed by atoms with Crippen molar-refractivity contribution in [1.82, 2.24) is 0 Å². The van der Waals surface area contributed by atoms with E-state index in [-0.39, 0.29) is 0 Å². The second-order valence-electron chi connectivity index (χ2n) is 6.76. The Bertz CT molecular complexity index is 263. The summed E-state index contributed by atoms with van der Waals surface area (Å²) in [5.41, 5.74) is 0. The van der Waals surface area contributed by atoms with Gasteiger partial charge in [-0.1, -0.05) is 58.6 Å². The van der Waals surface area contributed by atoms with Crippen LogP contribution in [0.15, 0.2) is 12.2 Å². The van der Waals surface area contributed by atoms with Gasteiger partial charge < -0.3 is 9.22 Å². The summed E-state index contributed by atoms with van der Waals surface area (Å²) in [4.78, 5) is 0.